The molecule has 50 heavy (non-hydrogen) atoms. The molecular weight excluding hydrogens is 641 g/mol. The van der Waals surface area contributed by atoms with Crippen LogP contribution in [0.15, 0.2) is 66.7 Å². The van der Waals surface area contributed by atoms with Gasteiger partial charge in [-0.3, -0.25) is 0 Å². The number of fused-ring (bicyclic) bond motifs is 1. The summed E-state index contributed by atoms with van der Waals surface area (Å²) in [6.45, 7) is 8.43. The van der Waals surface area contributed by atoms with Crippen molar-refractivity contribution < 1.29 is 37.6 Å². The Labute approximate surface area is 294 Å². The van der Waals surface area contributed by atoms with E-state index in [4.69, 9.17) is 28.4 Å². The van der Waals surface area contributed by atoms with Gasteiger partial charge in [0.1, 0.15) is 36.1 Å². The first-order chi connectivity index (χ1) is 24.5. The molecule has 3 aromatic rings. The van der Waals surface area contributed by atoms with Crippen molar-refractivity contribution in [2.45, 2.75) is 63.4 Å². The molecule has 1 N–H and O–H groups in total. The van der Waals surface area contributed by atoms with Crippen molar-refractivity contribution in [2.24, 2.45) is 0 Å². The number of piperidine rings is 1. The van der Waals surface area contributed by atoms with Crippen molar-refractivity contribution in [2.75, 3.05) is 76.0 Å². The van der Waals surface area contributed by atoms with Crippen LogP contribution in [0, 0.1) is 5.82 Å². The number of ether oxygens (including phenoxy) is 6. The van der Waals surface area contributed by atoms with E-state index in [2.05, 4.69) is 21.2 Å². The van der Waals surface area contributed by atoms with E-state index >= 15 is 0 Å². The van der Waals surface area contributed by atoms with Crippen LogP contribution in [0.25, 0.3) is 0 Å². The summed E-state index contributed by atoms with van der Waals surface area (Å²) in [6.07, 6.45) is 2.06. The fourth-order valence-electron chi connectivity index (χ4n) is 6.96. The van der Waals surface area contributed by atoms with Gasteiger partial charge in [0, 0.05) is 57.9 Å². The lowest BCUT2D eigenvalue weighted by molar-refractivity contribution is -0.0531. The molecule has 11 heteroatoms. The lowest BCUT2D eigenvalue weighted by atomic mass is 9.85. The number of nitrogens with zero attached hydrogens (tertiary/aromatic N) is 2. The molecule has 0 aromatic heterocycles. The third-order valence-corrected chi connectivity index (χ3v) is 9.57. The molecule has 270 valence electrons. The van der Waals surface area contributed by atoms with E-state index in [0.717, 1.165) is 79.3 Å². The number of methoxy groups -OCH3 is 1. The largest absolute Gasteiger partial charge is 0.508 e. The van der Waals surface area contributed by atoms with Crippen LogP contribution in [-0.4, -0.2) is 90.7 Å². The van der Waals surface area contributed by atoms with Gasteiger partial charge < -0.3 is 43.5 Å². The zero-order chi connectivity index (χ0) is 34.7. The van der Waals surface area contributed by atoms with E-state index < -0.39 is 12.3 Å². The van der Waals surface area contributed by atoms with Crippen LogP contribution in [0.5, 0.6) is 11.5 Å². The molecule has 3 aromatic carbocycles. The second-order valence-corrected chi connectivity index (χ2v) is 13.1. The Kier molecular flexibility index (Phi) is 12.7. The van der Waals surface area contributed by atoms with Crippen molar-refractivity contribution in [3.05, 3.63) is 83.7 Å². The molecule has 6 rings (SSSR count). The minimum Gasteiger partial charge on any atom is -0.490 e. The number of anilines is 2. The van der Waals surface area contributed by atoms with E-state index in [1.54, 1.807) is 19.2 Å². The van der Waals surface area contributed by atoms with Gasteiger partial charge in [-0.25, -0.2) is 9.18 Å². The van der Waals surface area contributed by atoms with Crippen molar-refractivity contribution in [3.63, 3.8) is 0 Å². The smallest absolute Gasteiger partial charge is 0.490 e. The Morgan fingerprint density at radius 1 is 1.00 bits per heavy atom. The first-order valence-corrected chi connectivity index (χ1v) is 17.9. The van der Waals surface area contributed by atoms with Gasteiger partial charge >= 0.3 is 6.16 Å². The molecule has 0 aliphatic carbocycles. The normalized spacial score (nSPS) is 21.7. The molecule has 2 fully saturated rings. The first-order valence-electron chi connectivity index (χ1n) is 17.9. The summed E-state index contributed by atoms with van der Waals surface area (Å²) in [4.78, 5) is 17.2. The Hall–Kier alpha value is -4.06. The zero-order valence-electron chi connectivity index (χ0n) is 29.2. The lowest BCUT2D eigenvalue weighted by Gasteiger charge is -2.38. The molecule has 0 bridgehead atoms. The van der Waals surface area contributed by atoms with Crippen molar-refractivity contribution in [3.8, 4) is 11.5 Å². The fraction of sp³-hybridized carbons (Fsp3) is 0.513. The Morgan fingerprint density at radius 2 is 1.86 bits per heavy atom. The highest BCUT2D eigenvalue weighted by Crippen LogP contribution is 2.35. The number of unbranched alkanes of at least 4 members (excludes halogenated alkanes) is 1. The molecule has 3 aliphatic rings. The second kappa shape index (κ2) is 17.7. The predicted molar refractivity (Wildman–Crippen MR) is 190 cm³/mol. The van der Waals surface area contributed by atoms with Crippen LogP contribution in [-0.2, 0) is 25.6 Å². The number of carbonyl (C=O) groups excluding carboxylic acids is 1. The summed E-state index contributed by atoms with van der Waals surface area (Å²) in [5, 5.41) is 3.41. The van der Waals surface area contributed by atoms with Crippen molar-refractivity contribution >= 4 is 17.5 Å². The fourth-order valence-corrected chi connectivity index (χ4v) is 6.96. The van der Waals surface area contributed by atoms with Gasteiger partial charge in [0.25, 0.3) is 0 Å². The molecule has 4 atom stereocenters. The maximum Gasteiger partial charge on any atom is 0.508 e. The van der Waals surface area contributed by atoms with Gasteiger partial charge in [-0.2, -0.15) is 0 Å². The Bertz CT molecular complexity index is 1530. The lowest BCUT2D eigenvalue weighted by Crippen LogP contribution is -2.51. The highest BCUT2D eigenvalue weighted by molar-refractivity contribution is 5.61. The van der Waals surface area contributed by atoms with Gasteiger partial charge in [-0.1, -0.05) is 37.6 Å². The minimum absolute atomic E-state index is 0.00836. The van der Waals surface area contributed by atoms with Gasteiger partial charge in [0.05, 0.1) is 38.1 Å². The monoisotopic (exact) mass is 691 g/mol. The summed E-state index contributed by atoms with van der Waals surface area (Å²) < 4.78 is 49.3. The van der Waals surface area contributed by atoms with Gasteiger partial charge in [-0.05, 0) is 66.4 Å². The molecule has 10 nitrogen and oxygen atoms in total. The van der Waals surface area contributed by atoms with Gasteiger partial charge in [0.2, 0.25) is 0 Å². The second-order valence-electron chi connectivity index (χ2n) is 13.1. The highest BCUT2D eigenvalue weighted by atomic mass is 19.1. The highest BCUT2D eigenvalue weighted by Gasteiger charge is 2.38. The van der Waals surface area contributed by atoms with Crippen molar-refractivity contribution in [1.82, 2.24) is 5.32 Å². The number of benzene rings is 3. The number of rotatable bonds is 15. The zero-order valence-corrected chi connectivity index (χ0v) is 29.2. The van der Waals surface area contributed by atoms with Crippen molar-refractivity contribution in [1.29, 1.82) is 0 Å². The van der Waals surface area contributed by atoms with Gasteiger partial charge in [0.15, 0.2) is 0 Å². The third-order valence-electron chi connectivity index (χ3n) is 9.57. The number of hydrogen-bond donors (Lipinski definition) is 1. The Morgan fingerprint density at radius 3 is 2.68 bits per heavy atom. The standard InChI is InChI=1S/C39H50FN3O7/c1-3-4-20-47-39(44)50-37-25-41-24-36(48-27-28-9-14-35-34(22-28)42(18-21-46-35)16-6-19-45-2)38(37)29-10-12-32(13-11-29)49-33-15-17-43(26-33)31-8-5-7-30(40)23-31/h5,7-14,22-23,33,36-38,41H,3-4,6,15-21,24-27H2,1-2H3. The maximum atomic E-state index is 13.8. The first kappa shape index (κ1) is 35.8. The van der Waals surface area contributed by atoms with Crippen LogP contribution in [0.4, 0.5) is 20.6 Å². The van der Waals surface area contributed by atoms with E-state index in [0.29, 0.717) is 46.1 Å². The molecule has 3 heterocycles. The number of nitrogens with one attached hydrogen (secondary N) is 1. The molecule has 3 aliphatic heterocycles. The van der Waals surface area contributed by atoms with E-state index in [1.165, 1.54) is 6.07 Å². The van der Waals surface area contributed by atoms with Crippen LogP contribution >= 0.6 is 0 Å². The summed E-state index contributed by atoms with van der Waals surface area (Å²) in [7, 11) is 1.73. The quantitative estimate of drug-likeness (QED) is 0.144. The van der Waals surface area contributed by atoms with Crippen LogP contribution < -0.4 is 24.6 Å². The molecule has 4 unspecified atom stereocenters. The number of hydrogen-bond acceptors (Lipinski definition) is 10. The van der Waals surface area contributed by atoms with E-state index in [9.17, 15) is 9.18 Å². The average Bonchev–Trinajstić information content (AvgIpc) is 3.60. The molecule has 0 spiro atoms. The minimum atomic E-state index is -0.664. The third kappa shape index (κ3) is 9.38. The number of halogens is 1. The predicted octanol–water partition coefficient (Wildman–Crippen LogP) is 6.31. The van der Waals surface area contributed by atoms with Crippen LogP contribution in [0.1, 0.15) is 49.7 Å². The number of carbonyl (C=O) groups is 1. The molecule has 0 radical (unpaired) electrons. The summed E-state index contributed by atoms with van der Waals surface area (Å²) in [6, 6.07) is 20.9. The molecular formula is C39H50FN3O7. The molecule has 2 saturated heterocycles. The van der Waals surface area contributed by atoms with E-state index in [1.807, 2.05) is 49.4 Å². The summed E-state index contributed by atoms with van der Waals surface area (Å²) in [5.41, 5.74) is 3.97. The van der Waals surface area contributed by atoms with Crippen LogP contribution in [0.2, 0.25) is 0 Å². The maximum absolute atomic E-state index is 13.8. The summed E-state index contributed by atoms with van der Waals surface area (Å²) in [5.74, 6) is 1.17. The SMILES string of the molecule is CCCCOC(=O)OC1CNCC(OCc2ccc3c(c2)N(CCCOC)CCO3)C1c1ccc(OC2CCN(c3cccc(F)c3)C2)cc1. The molecule has 0 amide bonds. The van der Waals surface area contributed by atoms with Crippen LogP contribution in [0.3, 0.4) is 0 Å². The average molecular weight is 692 g/mol. The topological polar surface area (TPSA) is 91.0 Å². The van der Waals surface area contributed by atoms with Gasteiger partial charge in [-0.15, -0.1) is 0 Å². The summed E-state index contributed by atoms with van der Waals surface area (Å²) >= 11 is 0. The Balaban J connectivity index is 1.14. The van der Waals surface area contributed by atoms with E-state index in [-0.39, 0.29) is 23.9 Å². The molecule has 0 saturated carbocycles.